The molecule has 3 aromatic rings. The number of nitrogens with one attached hydrogen (secondary N) is 1. The molecule has 14 heteroatoms. The van der Waals surface area contributed by atoms with Crippen molar-refractivity contribution >= 4 is 17.7 Å². The van der Waals surface area contributed by atoms with Crippen LogP contribution in [0.5, 0.6) is 0 Å². The Morgan fingerprint density at radius 2 is 1.80 bits per heavy atom. The van der Waals surface area contributed by atoms with Crippen LogP contribution in [0.15, 0.2) is 24.4 Å². The number of amides is 1. The van der Waals surface area contributed by atoms with Crippen molar-refractivity contribution < 1.29 is 31.1 Å². The van der Waals surface area contributed by atoms with Crippen molar-refractivity contribution in [2.45, 2.75) is 32.1 Å². The molecule has 0 bridgehead atoms. The van der Waals surface area contributed by atoms with Gasteiger partial charge >= 0.3 is 6.18 Å². The van der Waals surface area contributed by atoms with E-state index in [-0.39, 0.29) is 48.4 Å². The number of halogens is 6. The number of hydrogen-bond donors (Lipinski definition) is 2. The Hall–Kier alpha value is -3.68. The zero-order chi connectivity index (χ0) is 25.7. The number of alkyl halides is 3. The lowest BCUT2D eigenvalue weighted by molar-refractivity contribution is -0.141. The molecule has 0 atom stereocenters. The second-order valence-electron chi connectivity index (χ2n) is 8.23. The molecule has 2 aromatic heterocycles. The Bertz CT molecular complexity index is 1280. The maximum absolute atomic E-state index is 14.0. The van der Waals surface area contributed by atoms with Crippen molar-refractivity contribution in [2.24, 2.45) is 5.73 Å². The van der Waals surface area contributed by atoms with E-state index in [0.717, 1.165) is 6.20 Å². The molecule has 0 fully saturated rings. The average molecular weight is 499 g/mol. The molecule has 0 unspecified atom stereocenters. The second kappa shape index (κ2) is 8.52. The molecule has 1 aromatic carbocycles. The minimum Gasteiger partial charge on any atom is -0.327 e. The van der Waals surface area contributed by atoms with Gasteiger partial charge in [0, 0.05) is 24.8 Å². The van der Waals surface area contributed by atoms with Gasteiger partial charge in [0.25, 0.3) is 0 Å². The molecule has 0 spiro atoms. The van der Waals surface area contributed by atoms with Crippen molar-refractivity contribution in [2.75, 3.05) is 18.4 Å². The third-order valence-corrected chi connectivity index (χ3v) is 5.65. The number of rotatable bonds is 4. The molecule has 0 aliphatic carbocycles. The van der Waals surface area contributed by atoms with E-state index in [1.807, 2.05) is 0 Å². The molecule has 1 aliphatic rings. The van der Waals surface area contributed by atoms with Crippen LogP contribution in [-0.4, -0.2) is 43.4 Å². The molecule has 1 amide bonds. The van der Waals surface area contributed by atoms with Gasteiger partial charge in [0.1, 0.15) is 23.0 Å². The Morgan fingerprint density at radius 1 is 1.14 bits per heavy atom. The van der Waals surface area contributed by atoms with Gasteiger partial charge in [-0.15, -0.1) is 0 Å². The lowest BCUT2D eigenvalue weighted by Gasteiger charge is -2.42. The number of nitrogens with zero attached hydrogens (tertiary/aromatic N) is 5. The van der Waals surface area contributed by atoms with E-state index in [4.69, 9.17) is 5.73 Å². The molecule has 0 saturated carbocycles. The van der Waals surface area contributed by atoms with Gasteiger partial charge in [0.15, 0.2) is 17.5 Å². The summed E-state index contributed by atoms with van der Waals surface area (Å²) in [6, 6.07) is 2.10. The fourth-order valence-corrected chi connectivity index (χ4v) is 3.99. The van der Waals surface area contributed by atoms with E-state index in [1.165, 1.54) is 4.90 Å². The molecule has 186 valence electrons. The van der Waals surface area contributed by atoms with Crippen molar-refractivity contribution in [3.8, 4) is 11.3 Å². The second-order valence-corrected chi connectivity index (χ2v) is 8.23. The van der Waals surface area contributed by atoms with Crippen LogP contribution in [0.25, 0.3) is 11.3 Å². The first-order chi connectivity index (χ1) is 16.3. The first-order valence-corrected chi connectivity index (χ1v) is 10.3. The summed E-state index contributed by atoms with van der Waals surface area (Å²) in [4.78, 5) is 25.6. The summed E-state index contributed by atoms with van der Waals surface area (Å²) in [5.74, 6) is -5.21. The number of imidazole rings is 1. The minimum absolute atomic E-state index is 0.0117. The summed E-state index contributed by atoms with van der Waals surface area (Å²) >= 11 is 0. The number of benzene rings is 1. The number of hydrogen-bond acceptors (Lipinski definition) is 6. The van der Waals surface area contributed by atoms with E-state index in [0.29, 0.717) is 18.2 Å². The molecule has 0 saturated heterocycles. The number of carbonyl (C=O) groups excluding carboxylic acids is 1. The fourth-order valence-electron chi connectivity index (χ4n) is 3.99. The third-order valence-electron chi connectivity index (χ3n) is 5.65. The summed E-state index contributed by atoms with van der Waals surface area (Å²) in [6.45, 7) is 3.34. The zero-order valence-corrected chi connectivity index (χ0v) is 18.4. The SMILES string of the molecule is CC1(C)c2nc(-c3cc(F)c(F)c(F)c3)c(Nc3nccc(C(F)(F)F)n3)n2CCN1C(=O)CN. The lowest BCUT2D eigenvalue weighted by Crippen LogP contribution is -2.53. The number of anilines is 2. The van der Waals surface area contributed by atoms with Gasteiger partial charge in [-0.2, -0.15) is 13.2 Å². The Kier molecular flexibility index (Phi) is 5.95. The number of carbonyl (C=O) groups is 1. The molecule has 0 radical (unpaired) electrons. The topological polar surface area (TPSA) is 102 Å². The van der Waals surface area contributed by atoms with Crippen LogP contribution in [0.3, 0.4) is 0 Å². The summed E-state index contributed by atoms with van der Waals surface area (Å²) < 4.78 is 82.6. The van der Waals surface area contributed by atoms with Gasteiger partial charge in [-0.25, -0.2) is 28.1 Å². The summed E-state index contributed by atoms with van der Waals surface area (Å²) in [5, 5.41) is 2.65. The monoisotopic (exact) mass is 499 g/mol. The first-order valence-electron chi connectivity index (χ1n) is 10.3. The predicted molar refractivity (Wildman–Crippen MR) is 112 cm³/mol. The quantitative estimate of drug-likeness (QED) is 0.421. The highest BCUT2D eigenvalue weighted by atomic mass is 19.4. The fraction of sp³-hybridized carbons (Fsp3) is 0.333. The molecule has 4 rings (SSSR count). The van der Waals surface area contributed by atoms with Gasteiger partial charge in [-0.3, -0.25) is 4.79 Å². The normalized spacial score (nSPS) is 15.2. The van der Waals surface area contributed by atoms with Crippen LogP contribution in [0, 0.1) is 17.5 Å². The Labute approximate surface area is 194 Å². The summed E-state index contributed by atoms with van der Waals surface area (Å²) in [7, 11) is 0. The standard InChI is InChI=1S/C21H19F6N7O/c1-20(2)18-31-16(10-7-11(22)15(24)12(23)8-10)17(33(18)5-6-34(20)14(35)9-28)32-19-29-4-3-13(30-19)21(25,26)27/h3-4,7-8H,5-6,9,28H2,1-2H3,(H,29,30,32). The molecule has 1 aliphatic heterocycles. The highest BCUT2D eigenvalue weighted by Crippen LogP contribution is 2.40. The first kappa shape index (κ1) is 24.4. The number of aromatic nitrogens is 4. The lowest BCUT2D eigenvalue weighted by atomic mass is 9.99. The smallest absolute Gasteiger partial charge is 0.327 e. The van der Waals surface area contributed by atoms with Crippen LogP contribution in [-0.2, 0) is 23.1 Å². The van der Waals surface area contributed by atoms with E-state index >= 15 is 0 Å². The van der Waals surface area contributed by atoms with Gasteiger partial charge in [0.2, 0.25) is 11.9 Å². The van der Waals surface area contributed by atoms with E-state index < -0.39 is 40.8 Å². The summed E-state index contributed by atoms with van der Waals surface area (Å²) in [5.41, 5.74) is 2.94. The van der Waals surface area contributed by atoms with Crippen LogP contribution in [0.2, 0.25) is 0 Å². The van der Waals surface area contributed by atoms with Crippen LogP contribution in [0.4, 0.5) is 38.1 Å². The van der Waals surface area contributed by atoms with Crippen molar-refractivity contribution in [3.63, 3.8) is 0 Å². The maximum Gasteiger partial charge on any atom is 0.433 e. The highest BCUT2D eigenvalue weighted by Gasteiger charge is 2.41. The largest absolute Gasteiger partial charge is 0.433 e. The van der Waals surface area contributed by atoms with Crippen LogP contribution >= 0.6 is 0 Å². The van der Waals surface area contributed by atoms with Crippen molar-refractivity contribution in [3.05, 3.63) is 53.4 Å². The predicted octanol–water partition coefficient (Wildman–Crippen LogP) is 3.56. The van der Waals surface area contributed by atoms with Gasteiger partial charge in [0.05, 0.1) is 12.1 Å². The summed E-state index contributed by atoms with van der Waals surface area (Å²) in [6.07, 6.45) is -3.85. The van der Waals surface area contributed by atoms with E-state index in [1.54, 1.807) is 18.4 Å². The van der Waals surface area contributed by atoms with Crippen LogP contribution in [0.1, 0.15) is 25.4 Å². The van der Waals surface area contributed by atoms with Crippen LogP contribution < -0.4 is 11.1 Å². The number of nitrogens with two attached hydrogens (primary N) is 1. The zero-order valence-electron chi connectivity index (χ0n) is 18.4. The highest BCUT2D eigenvalue weighted by molar-refractivity contribution is 5.80. The number of fused-ring (bicyclic) bond motifs is 1. The van der Waals surface area contributed by atoms with E-state index in [9.17, 15) is 31.1 Å². The average Bonchev–Trinajstić information content (AvgIpc) is 3.16. The maximum atomic E-state index is 14.0. The van der Waals surface area contributed by atoms with Gasteiger partial charge in [-0.05, 0) is 32.0 Å². The molecular formula is C21H19F6N7O. The molecule has 35 heavy (non-hydrogen) atoms. The van der Waals surface area contributed by atoms with Crippen molar-refractivity contribution in [1.82, 2.24) is 24.4 Å². The molecule has 8 nitrogen and oxygen atoms in total. The molecule has 3 heterocycles. The third kappa shape index (κ3) is 4.29. The Morgan fingerprint density at radius 3 is 2.40 bits per heavy atom. The van der Waals surface area contributed by atoms with Gasteiger partial charge < -0.3 is 20.5 Å². The Balaban J connectivity index is 1.90. The van der Waals surface area contributed by atoms with E-state index in [2.05, 4.69) is 20.3 Å². The van der Waals surface area contributed by atoms with Crippen molar-refractivity contribution in [1.29, 1.82) is 0 Å². The van der Waals surface area contributed by atoms with Gasteiger partial charge in [-0.1, -0.05) is 0 Å². The minimum atomic E-state index is -4.74. The molecule has 3 N–H and O–H groups in total. The molecular weight excluding hydrogens is 480 g/mol.